The monoisotopic (exact) mass is 391 g/mol. The molecule has 0 saturated heterocycles. The van der Waals surface area contributed by atoms with Gasteiger partial charge in [-0.3, -0.25) is 4.79 Å². The molecule has 0 aromatic heterocycles. The number of carbonyl (C=O) groups is 1. The number of ether oxygens (including phenoxy) is 2. The van der Waals surface area contributed by atoms with Crippen LogP contribution >= 0.6 is 15.9 Å². The predicted molar refractivity (Wildman–Crippen MR) is 98.6 cm³/mol. The van der Waals surface area contributed by atoms with Gasteiger partial charge in [0.2, 0.25) is 5.91 Å². The second kappa shape index (κ2) is 8.73. The molecular weight excluding hydrogens is 370 g/mol. The minimum absolute atomic E-state index is 0.00488. The maximum absolute atomic E-state index is 12.4. The Morgan fingerprint density at radius 1 is 1.12 bits per heavy atom. The van der Waals surface area contributed by atoms with Crippen molar-refractivity contribution in [3.63, 3.8) is 0 Å². The molecule has 0 heterocycles. The first-order valence-electron chi connectivity index (χ1n) is 7.83. The minimum atomic E-state index is -0.0653. The van der Waals surface area contributed by atoms with Gasteiger partial charge in [0.05, 0.1) is 26.7 Å². The molecule has 5 heteroatoms. The smallest absolute Gasteiger partial charge is 0.224 e. The van der Waals surface area contributed by atoms with E-state index in [2.05, 4.69) is 21.2 Å². The van der Waals surface area contributed by atoms with E-state index < -0.39 is 0 Å². The van der Waals surface area contributed by atoms with E-state index in [0.717, 1.165) is 22.0 Å². The van der Waals surface area contributed by atoms with Crippen LogP contribution in [0.1, 0.15) is 30.5 Å². The Hall–Kier alpha value is -2.01. The van der Waals surface area contributed by atoms with Crippen molar-refractivity contribution < 1.29 is 14.3 Å². The summed E-state index contributed by atoms with van der Waals surface area (Å²) >= 11 is 3.43. The van der Waals surface area contributed by atoms with E-state index in [1.807, 2.05) is 49.4 Å². The van der Waals surface area contributed by atoms with Crippen LogP contribution in [0.3, 0.4) is 0 Å². The van der Waals surface area contributed by atoms with Crippen LogP contribution in [0.5, 0.6) is 11.5 Å². The second-order valence-electron chi connectivity index (χ2n) is 5.45. The number of nitrogens with one attached hydrogen (secondary N) is 1. The van der Waals surface area contributed by atoms with Crippen LogP contribution in [0.2, 0.25) is 0 Å². The van der Waals surface area contributed by atoms with E-state index in [0.29, 0.717) is 17.9 Å². The van der Waals surface area contributed by atoms with Gasteiger partial charge in [-0.15, -0.1) is 0 Å². The van der Waals surface area contributed by atoms with Gasteiger partial charge in [-0.25, -0.2) is 0 Å². The summed E-state index contributed by atoms with van der Waals surface area (Å²) < 4.78 is 11.6. The Labute approximate surface area is 151 Å². The summed E-state index contributed by atoms with van der Waals surface area (Å²) in [6, 6.07) is 13.4. The van der Waals surface area contributed by atoms with Crippen LogP contribution in [0.4, 0.5) is 0 Å². The Kier molecular flexibility index (Phi) is 6.67. The van der Waals surface area contributed by atoms with E-state index in [9.17, 15) is 4.79 Å². The molecule has 2 aromatic carbocycles. The summed E-state index contributed by atoms with van der Waals surface area (Å²) in [6.45, 7) is 2.04. The Morgan fingerprint density at radius 2 is 1.88 bits per heavy atom. The third kappa shape index (κ3) is 4.74. The average Bonchev–Trinajstić information content (AvgIpc) is 2.59. The van der Waals surface area contributed by atoms with Gasteiger partial charge in [0.25, 0.3) is 0 Å². The van der Waals surface area contributed by atoms with Crippen LogP contribution < -0.4 is 14.8 Å². The quantitative estimate of drug-likeness (QED) is 0.765. The lowest BCUT2D eigenvalue weighted by atomic mass is 10.0. The van der Waals surface area contributed by atoms with E-state index in [1.54, 1.807) is 14.2 Å². The molecule has 2 aromatic rings. The molecule has 0 spiro atoms. The van der Waals surface area contributed by atoms with Crippen molar-refractivity contribution in [2.24, 2.45) is 0 Å². The summed E-state index contributed by atoms with van der Waals surface area (Å²) in [7, 11) is 3.21. The molecule has 1 N–H and O–H groups in total. The average molecular weight is 392 g/mol. The van der Waals surface area contributed by atoms with Crippen LogP contribution in [0.15, 0.2) is 46.9 Å². The number of hydrogen-bond acceptors (Lipinski definition) is 3. The standard InChI is InChI=1S/C19H22BrNO3/c1-4-16(14-8-9-17(23-2)18(12-14)24-3)21-19(22)11-13-6-5-7-15(20)10-13/h5-10,12,16H,4,11H2,1-3H3,(H,21,22)/t16-/m1/s1. The molecular formula is C19H22BrNO3. The number of amides is 1. The van der Waals surface area contributed by atoms with Gasteiger partial charge >= 0.3 is 0 Å². The zero-order chi connectivity index (χ0) is 17.5. The van der Waals surface area contributed by atoms with Crippen molar-refractivity contribution in [3.05, 3.63) is 58.1 Å². The van der Waals surface area contributed by atoms with Crippen LogP contribution in [-0.2, 0) is 11.2 Å². The van der Waals surface area contributed by atoms with E-state index >= 15 is 0 Å². The topological polar surface area (TPSA) is 47.6 Å². The van der Waals surface area contributed by atoms with Crippen molar-refractivity contribution in [1.82, 2.24) is 5.32 Å². The van der Waals surface area contributed by atoms with Gasteiger partial charge in [-0.1, -0.05) is 41.1 Å². The zero-order valence-corrected chi connectivity index (χ0v) is 15.7. The third-order valence-electron chi connectivity index (χ3n) is 3.81. The van der Waals surface area contributed by atoms with Crippen molar-refractivity contribution in [2.45, 2.75) is 25.8 Å². The van der Waals surface area contributed by atoms with Crippen molar-refractivity contribution >= 4 is 21.8 Å². The fourth-order valence-electron chi connectivity index (χ4n) is 2.57. The highest BCUT2D eigenvalue weighted by molar-refractivity contribution is 9.10. The predicted octanol–water partition coefficient (Wildman–Crippen LogP) is 4.28. The highest BCUT2D eigenvalue weighted by Gasteiger charge is 2.15. The molecule has 0 unspecified atom stereocenters. The van der Waals surface area contributed by atoms with E-state index in [-0.39, 0.29) is 11.9 Å². The number of halogens is 1. The van der Waals surface area contributed by atoms with Crippen LogP contribution in [0, 0.1) is 0 Å². The molecule has 4 nitrogen and oxygen atoms in total. The molecule has 0 aliphatic heterocycles. The Morgan fingerprint density at radius 3 is 2.50 bits per heavy atom. The minimum Gasteiger partial charge on any atom is -0.493 e. The largest absolute Gasteiger partial charge is 0.493 e. The summed E-state index contributed by atoms with van der Waals surface area (Å²) in [4.78, 5) is 12.4. The van der Waals surface area contributed by atoms with Gasteiger partial charge in [0, 0.05) is 4.47 Å². The van der Waals surface area contributed by atoms with Gasteiger partial charge in [0.15, 0.2) is 11.5 Å². The molecule has 0 aliphatic carbocycles. The lowest BCUT2D eigenvalue weighted by Gasteiger charge is -2.19. The lowest BCUT2D eigenvalue weighted by Crippen LogP contribution is -2.29. The van der Waals surface area contributed by atoms with Crippen molar-refractivity contribution in [2.75, 3.05) is 14.2 Å². The molecule has 0 fully saturated rings. The first-order valence-corrected chi connectivity index (χ1v) is 8.62. The van der Waals surface area contributed by atoms with Crippen molar-refractivity contribution in [3.8, 4) is 11.5 Å². The first-order chi connectivity index (χ1) is 11.6. The normalized spacial score (nSPS) is 11.7. The van der Waals surface area contributed by atoms with Crippen molar-refractivity contribution in [1.29, 1.82) is 0 Å². The number of hydrogen-bond donors (Lipinski definition) is 1. The fourth-order valence-corrected chi connectivity index (χ4v) is 3.01. The molecule has 0 radical (unpaired) electrons. The molecule has 0 bridgehead atoms. The maximum atomic E-state index is 12.4. The lowest BCUT2D eigenvalue weighted by molar-refractivity contribution is -0.121. The van der Waals surface area contributed by atoms with E-state index in [1.165, 1.54) is 0 Å². The molecule has 0 saturated carbocycles. The molecule has 2 rings (SSSR count). The Balaban J connectivity index is 2.09. The summed E-state index contributed by atoms with van der Waals surface area (Å²) in [5, 5.41) is 3.09. The van der Waals surface area contributed by atoms with E-state index in [4.69, 9.17) is 9.47 Å². The number of methoxy groups -OCH3 is 2. The van der Waals surface area contributed by atoms with Gasteiger partial charge in [0.1, 0.15) is 0 Å². The molecule has 128 valence electrons. The summed E-state index contributed by atoms with van der Waals surface area (Å²) in [6.07, 6.45) is 1.14. The zero-order valence-electron chi connectivity index (χ0n) is 14.1. The summed E-state index contributed by atoms with van der Waals surface area (Å²) in [5.74, 6) is 1.33. The molecule has 1 atom stereocenters. The van der Waals surface area contributed by atoms with Gasteiger partial charge in [-0.2, -0.15) is 0 Å². The fraction of sp³-hybridized carbons (Fsp3) is 0.316. The molecule has 1 amide bonds. The first kappa shape index (κ1) is 18.3. The van der Waals surface area contributed by atoms with Crippen LogP contribution in [0.25, 0.3) is 0 Å². The molecule has 24 heavy (non-hydrogen) atoms. The SMILES string of the molecule is CC[C@@H](NC(=O)Cc1cccc(Br)c1)c1ccc(OC)c(OC)c1. The Bertz CT molecular complexity index is 703. The highest BCUT2D eigenvalue weighted by atomic mass is 79.9. The highest BCUT2D eigenvalue weighted by Crippen LogP contribution is 2.30. The maximum Gasteiger partial charge on any atom is 0.224 e. The van der Waals surface area contributed by atoms with Gasteiger partial charge < -0.3 is 14.8 Å². The summed E-state index contributed by atoms with van der Waals surface area (Å²) in [5.41, 5.74) is 1.97. The number of carbonyl (C=O) groups excluding carboxylic acids is 1. The molecule has 0 aliphatic rings. The second-order valence-corrected chi connectivity index (χ2v) is 6.37. The number of benzene rings is 2. The number of rotatable bonds is 7. The van der Waals surface area contributed by atoms with Crippen LogP contribution in [-0.4, -0.2) is 20.1 Å². The van der Waals surface area contributed by atoms with Gasteiger partial charge in [-0.05, 0) is 41.8 Å². The third-order valence-corrected chi connectivity index (χ3v) is 4.30.